The van der Waals surface area contributed by atoms with E-state index in [1.165, 1.54) is 6.42 Å². The fourth-order valence-corrected chi connectivity index (χ4v) is 2.98. The van der Waals surface area contributed by atoms with Gasteiger partial charge in [0.2, 0.25) is 0 Å². The molecule has 2 aliphatic rings. The lowest BCUT2D eigenvalue weighted by Gasteiger charge is -2.34. The van der Waals surface area contributed by atoms with Gasteiger partial charge in [-0.1, -0.05) is 0 Å². The third-order valence-corrected chi connectivity index (χ3v) is 3.94. The molecule has 98 valence electrons. The number of nitrogens with zero attached hydrogens (tertiary/aromatic N) is 2. The number of amides is 2. The zero-order valence-corrected chi connectivity index (χ0v) is 10.6. The standard InChI is InChI=1S/C13H24N2O2/c16-11-5-7-12-6-4-10-15(12)13(17)14-8-2-1-3-9-14/h12,16H,1-11H2. The topological polar surface area (TPSA) is 43.8 Å². The molecule has 1 atom stereocenters. The zero-order chi connectivity index (χ0) is 12.1. The SMILES string of the molecule is O=C(N1CCCCC1)N1CCCC1CCCO. The van der Waals surface area contributed by atoms with E-state index in [-0.39, 0.29) is 12.6 Å². The first-order chi connectivity index (χ1) is 8.33. The number of piperidine rings is 1. The molecule has 0 aromatic rings. The van der Waals surface area contributed by atoms with Crippen LogP contribution >= 0.6 is 0 Å². The number of hydrogen-bond acceptors (Lipinski definition) is 2. The van der Waals surface area contributed by atoms with Gasteiger partial charge in [-0.15, -0.1) is 0 Å². The minimum atomic E-state index is 0.238. The summed E-state index contributed by atoms with van der Waals surface area (Å²) in [6.07, 6.45) is 7.57. The minimum absolute atomic E-state index is 0.238. The molecule has 2 aliphatic heterocycles. The van der Waals surface area contributed by atoms with E-state index in [9.17, 15) is 4.79 Å². The van der Waals surface area contributed by atoms with Gasteiger partial charge >= 0.3 is 6.03 Å². The number of likely N-dealkylation sites (tertiary alicyclic amines) is 2. The Morgan fingerprint density at radius 3 is 2.59 bits per heavy atom. The van der Waals surface area contributed by atoms with Gasteiger partial charge in [0, 0.05) is 32.3 Å². The van der Waals surface area contributed by atoms with E-state index < -0.39 is 0 Å². The van der Waals surface area contributed by atoms with Crippen molar-refractivity contribution in [2.45, 2.75) is 51.0 Å². The summed E-state index contributed by atoms with van der Waals surface area (Å²) in [7, 11) is 0. The van der Waals surface area contributed by atoms with Crippen molar-refractivity contribution in [3.05, 3.63) is 0 Å². The van der Waals surface area contributed by atoms with E-state index in [1.807, 2.05) is 9.80 Å². The van der Waals surface area contributed by atoms with Gasteiger partial charge in [-0.05, 0) is 44.9 Å². The van der Waals surface area contributed by atoms with Gasteiger partial charge in [0.25, 0.3) is 0 Å². The molecule has 0 aromatic heterocycles. The molecule has 4 heteroatoms. The average Bonchev–Trinajstić information content (AvgIpc) is 2.84. The number of aliphatic hydroxyl groups is 1. The Bertz CT molecular complexity index is 252. The number of hydrogen-bond donors (Lipinski definition) is 1. The second-order valence-corrected chi connectivity index (χ2v) is 5.19. The predicted molar refractivity (Wildman–Crippen MR) is 66.9 cm³/mol. The zero-order valence-electron chi connectivity index (χ0n) is 10.6. The molecule has 17 heavy (non-hydrogen) atoms. The maximum absolute atomic E-state index is 12.4. The predicted octanol–water partition coefficient (Wildman–Crippen LogP) is 1.83. The maximum atomic E-state index is 12.4. The first-order valence-corrected chi connectivity index (χ1v) is 6.99. The van der Waals surface area contributed by atoms with E-state index in [1.54, 1.807) is 0 Å². The van der Waals surface area contributed by atoms with E-state index >= 15 is 0 Å². The van der Waals surface area contributed by atoms with Gasteiger partial charge in [-0.3, -0.25) is 0 Å². The monoisotopic (exact) mass is 240 g/mol. The Morgan fingerprint density at radius 1 is 1.12 bits per heavy atom. The van der Waals surface area contributed by atoms with E-state index in [0.29, 0.717) is 6.04 Å². The number of carbonyl (C=O) groups excluding carboxylic acids is 1. The summed E-state index contributed by atoms with van der Waals surface area (Å²) < 4.78 is 0. The summed E-state index contributed by atoms with van der Waals surface area (Å²) in [5.41, 5.74) is 0. The highest BCUT2D eigenvalue weighted by atomic mass is 16.3. The molecule has 0 bridgehead atoms. The van der Waals surface area contributed by atoms with Crippen LogP contribution < -0.4 is 0 Å². The summed E-state index contributed by atoms with van der Waals surface area (Å²) in [5, 5.41) is 8.89. The van der Waals surface area contributed by atoms with Crippen molar-refractivity contribution in [1.82, 2.24) is 9.80 Å². The molecule has 2 rings (SSSR count). The maximum Gasteiger partial charge on any atom is 0.320 e. The van der Waals surface area contributed by atoms with Crippen LogP contribution in [0.5, 0.6) is 0 Å². The molecule has 2 heterocycles. The summed E-state index contributed by atoms with van der Waals surface area (Å²) in [5.74, 6) is 0. The van der Waals surface area contributed by atoms with Crippen LogP contribution in [0.4, 0.5) is 4.79 Å². The van der Waals surface area contributed by atoms with Gasteiger partial charge in [-0.2, -0.15) is 0 Å². The number of rotatable bonds is 3. The molecule has 1 unspecified atom stereocenters. The third kappa shape index (κ3) is 3.12. The highest BCUT2D eigenvalue weighted by molar-refractivity contribution is 5.75. The number of urea groups is 1. The van der Waals surface area contributed by atoms with Crippen molar-refractivity contribution in [3.63, 3.8) is 0 Å². The molecule has 0 aromatic carbocycles. The smallest absolute Gasteiger partial charge is 0.320 e. The van der Waals surface area contributed by atoms with Gasteiger partial charge in [-0.25, -0.2) is 4.79 Å². The largest absolute Gasteiger partial charge is 0.396 e. The molecule has 2 amide bonds. The molecule has 4 nitrogen and oxygen atoms in total. The first-order valence-electron chi connectivity index (χ1n) is 6.99. The number of carbonyl (C=O) groups is 1. The van der Waals surface area contributed by atoms with Crippen LogP contribution in [-0.2, 0) is 0 Å². The Balaban J connectivity index is 1.88. The summed E-state index contributed by atoms with van der Waals surface area (Å²) in [4.78, 5) is 16.4. The van der Waals surface area contributed by atoms with Crippen molar-refractivity contribution in [2.24, 2.45) is 0 Å². The molecular weight excluding hydrogens is 216 g/mol. The van der Waals surface area contributed by atoms with Crippen LogP contribution in [0, 0.1) is 0 Å². The van der Waals surface area contributed by atoms with Crippen molar-refractivity contribution in [2.75, 3.05) is 26.2 Å². The second kappa shape index (κ2) is 6.24. The molecule has 1 N–H and O–H groups in total. The molecule has 2 saturated heterocycles. The Kier molecular flexibility index (Phi) is 4.66. The van der Waals surface area contributed by atoms with Crippen molar-refractivity contribution in [3.8, 4) is 0 Å². The molecule has 0 spiro atoms. The molecule has 0 saturated carbocycles. The summed E-state index contributed by atoms with van der Waals surface area (Å²) >= 11 is 0. The fourth-order valence-electron chi connectivity index (χ4n) is 2.98. The highest BCUT2D eigenvalue weighted by Gasteiger charge is 2.31. The lowest BCUT2D eigenvalue weighted by molar-refractivity contribution is 0.135. The van der Waals surface area contributed by atoms with Crippen LogP contribution in [0.2, 0.25) is 0 Å². The first kappa shape index (κ1) is 12.7. The quantitative estimate of drug-likeness (QED) is 0.818. The van der Waals surface area contributed by atoms with Crippen LogP contribution in [0.1, 0.15) is 44.9 Å². The van der Waals surface area contributed by atoms with Crippen LogP contribution in [-0.4, -0.2) is 53.2 Å². The van der Waals surface area contributed by atoms with Gasteiger partial charge < -0.3 is 14.9 Å². The van der Waals surface area contributed by atoms with E-state index in [2.05, 4.69) is 0 Å². The molecule has 2 fully saturated rings. The minimum Gasteiger partial charge on any atom is -0.396 e. The normalized spacial score (nSPS) is 25.4. The second-order valence-electron chi connectivity index (χ2n) is 5.19. The van der Waals surface area contributed by atoms with Gasteiger partial charge in [0.15, 0.2) is 0 Å². The van der Waals surface area contributed by atoms with Gasteiger partial charge in [0.1, 0.15) is 0 Å². The van der Waals surface area contributed by atoms with Crippen LogP contribution in [0.25, 0.3) is 0 Å². The lowest BCUT2D eigenvalue weighted by Crippen LogP contribution is -2.47. The third-order valence-electron chi connectivity index (χ3n) is 3.94. The van der Waals surface area contributed by atoms with E-state index in [0.717, 1.165) is 58.2 Å². The average molecular weight is 240 g/mol. The molecule has 0 aliphatic carbocycles. The Labute approximate surface area is 104 Å². The summed E-state index contributed by atoms with van der Waals surface area (Å²) in [6.45, 7) is 3.01. The Hall–Kier alpha value is -0.770. The number of aliphatic hydroxyl groups excluding tert-OH is 1. The van der Waals surface area contributed by atoms with Crippen LogP contribution in [0.3, 0.4) is 0 Å². The highest BCUT2D eigenvalue weighted by Crippen LogP contribution is 2.23. The van der Waals surface area contributed by atoms with Gasteiger partial charge in [0.05, 0.1) is 0 Å². The fraction of sp³-hybridized carbons (Fsp3) is 0.923. The van der Waals surface area contributed by atoms with Crippen molar-refractivity contribution >= 4 is 6.03 Å². The Morgan fingerprint density at radius 2 is 1.88 bits per heavy atom. The molecule has 0 radical (unpaired) electrons. The van der Waals surface area contributed by atoms with E-state index in [4.69, 9.17) is 5.11 Å². The van der Waals surface area contributed by atoms with Crippen LogP contribution in [0.15, 0.2) is 0 Å². The molecular formula is C13H24N2O2. The van der Waals surface area contributed by atoms with Crippen molar-refractivity contribution < 1.29 is 9.90 Å². The lowest BCUT2D eigenvalue weighted by atomic mass is 10.1. The summed E-state index contributed by atoms with van der Waals surface area (Å²) in [6, 6.07) is 0.613. The van der Waals surface area contributed by atoms with Crippen molar-refractivity contribution in [1.29, 1.82) is 0 Å².